The van der Waals surface area contributed by atoms with E-state index < -0.39 is 0 Å². The molecule has 2 aliphatic heterocycles. The molecule has 0 N–H and O–H groups in total. The molecule has 0 aromatic carbocycles. The molecule has 13 heavy (non-hydrogen) atoms. The lowest BCUT2D eigenvalue weighted by Gasteiger charge is -2.23. The third-order valence-corrected chi connectivity index (χ3v) is 3.19. The number of ether oxygens (including phenoxy) is 1. The molecule has 0 bridgehead atoms. The van der Waals surface area contributed by atoms with Crippen molar-refractivity contribution in [2.45, 2.75) is 25.8 Å². The first kappa shape index (κ1) is 8.98. The summed E-state index contributed by atoms with van der Waals surface area (Å²) in [6, 6.07) is 2.99. The lowest BCUT2D eigenvalue weighted by atomic mass is 9.92. The average Bonchev–Trinajstić information content (AvgIpc) is 2.73. The summed E-state index contributed by atoms with van der Waals surface area (Å²) in [5.74, 6) is 0. The van der Waals surface area contributed by atoms with E-state index in [1.54, 1.807) is 0 Å². The molecule has 0 radical (unpaired) electrons. The van der Waals surface area contributed by atoms with Crippen molar-refractivity contribution in [1.29, 1.82) is 5.26 Å². The number of nitrogens with zero attached hydrogens (tertiary/aromatic N) is 2. The summed E-state index contributed by atoms with van der Waals surface area (Å²) in [4.78, 5) is 2.41. The van der Waals surface area contributed by atoms with E-state index in [0.717, 1.165) is 39.1 Å². The topological polar surface area (TPSA) is 36.3 Å². The highest BCUT2D eigenvalue weighted by molar-refractivity contribution is 5.03. The monoisotopic (exact) mass is 180 g/mol. The first-order valence-corrected chi connectivity index (χ1v) is 4.97. The van der Waals surface area contributed by atoms with Gasteiger partial charge >= 0.3 is 0 Å². The van der Waals surface area contributed by atoms with Gasteiger partial charge in [-0.2, -0.15) is 5.26 Å². The minimum atomic E-state index is -0.109. The minimum Gasteiger partial charge on any atom is -0.380 e. The first-order valence-electron chi connectivity index (χ1n) is 4.97. The Kier molecular flexibility index (Phi) is 2.27. The Morgan fingerprint density at radius 1 is 1.62 bits per heavy atom. The van der Waals surface area contributed by atoms with Crippen LogP contribution in [-0.4, -0.2) is 37.2 Å². The molecule has 0 aromatic rings. The fraction of sp³-hybridized carbons (Fsp3) is 0.900. The SMILES string of the molecule is CC1(C#N)CCN(C2CCOC2)C1. The summed E-state index contributed by atoms with van der Waals surface area (Å²) >= 11 is 0. The van der Waals surface area contributed by atoms with Gasteiger partial charge in [-0.3, -0.25) is 4.90 Å². The molecule has 0 spiro atoms. The second kappa shape index (κ2) is 3.28. The lowest BCUT2D eigenvalue weighted by molar-refractivity contribution is 0.155. The van der Waals surface area contributed by atoms with E-state index in [4.69, 9.17) is 10.00 Å². The first-order chi connectivity index (χ1) is 6.23. The molecule has 2 rings (SSSR count). The number of hydrogen-bond acceptors (Lipinski definition) is 3. The van der Waals surface area contributed by atoms with Gasteiger partial charge in [0, 0.05) is 25.7 Å². The van der Waals surface area contributed by atoms with Crippen molar-refractivity contribution in [2.75, 3.05) is 26.3 Å². The van der Waals surface area contributed by atoms with Crippen molar-refractivity contribution < 1.29 is 4.74 Å². The quantitative estimate of drug-likeness (QED) is 0.604. The Labute approximate surface area is 79.3 Å². The zero-order valence-corrected chi connectivity index (χ0v) is 8.12. The molecule has 3 heteroatoms. The molecular weight excluding hydrogens is 164 g/mol. The molecule has 0 saturated carbocycles. The summed E-state index contributed by atoms with van der Waals surface area (Å²) in [5.41, 5.74) is -0.109. The van der Waals surface area contributed by atoms with Crippen LogP contribution in [0.15, 0.2) is 0 Å². The van der Waals surface area contributed by atoms with Crippen LogP contribution < -0.4 is 0 Å². The van der Waals surface area contributed by atoms with Gasteiger partial charge in [0.2, 0.25) is 0 Å². The zero-order chi connectivity index (χ0) is 9.31. The van der Waals surface area contributed by atoms with E-state index in [0.29, 0.717) is 6.04 Å². The number of rotatable bonds is 1. The second-order valence-electron chi connectivity index (χ2n) is 4.41. The predicted molar refractivity (Wildman–Crippen MR) is 49.1 cm³/mol. The van der Waals surface area contributed by atoms with E-state index in [9.17, 15) is 0 Å². The van der Waals surface area contributed by atoms with Crippen molar-refractivity contribution in [1.82, 2.24) is 4.90 Å². The van der Waals surface area contributed by atoms with Gasteiger partial charge in [-0.1, -0.05) is 0 Å². The molecule has 2 fully saturated rings. The summed E-state index contributed by atoms with van der Waals surface area (Å²) in [5, 5.41) is 8.98. The number of hydrogen-bond donors (Lipinski definition) is 0. The maximum atomic E-state index is 8.98. The standard InChI is InChI=1S/C10H16N2O/c1-10(7-11)3-4-12(8-10)9-2-5-13-6-9/h9H,2-6,8H2,1H3. The molecule has 72 valence electrons. The number of nitriles is 1. The van der Waals surface area contributed by atoms with Crippen LogP contribution in [0.25, 0.3) is 0 Å². The van der Waals surface area contributed by atoms with Crippen molar-refractivity contribution in [3.63, 3.8) is 0 Å². The van der Waals surface area contributed by atoms with E-state index >= 15 is 0 Å². The molecule has 2 unspecified atom stereocenters. The molecular formula is C10H16N2O. The Hall–Kier alpha value is -0.590. The fourth-order valence-corrected chi connectivity index (χ4v) is 2.21. The maximum Gasteiger partial charge on any atom is 0.0700 e. The van der Waals surface area contributed by atoms with Gasteiger partial charge < -0.3 is 4.74 Å². The van der Waals surface area contributed by atoms with Crippen LogP contribution in [0.3, 0.4) is 0 Å². The molecule has 0 aliphatic carbocycles. The van der Waals surface area contributed by atoms with Gasteiger partial charge in [0.05, 0.1) is 18.1 Å². The van der Waals surface area contributed by atoms with Crippen molar-refractivity contribution in [3.05, 3.63) is 0 Å². The third-order valence-electron chi connectivity index (χ3n) is 3.19. The van der Waals surface area contributed by atoms with Crippen LogP contribution in [0.4, 0.5) is 0 Å². The average molecular weight is 180 g/mol. The fourth-order valence-electron chi connectivity index (χ4n) is 2.21. The van der Waals surface area contributed by atoms with Gasteiger partial charge in [-0.05, 0) is 19.8 Å². The van der Waals surface area contributed by atoms with Crippen LogP contribution in [-0.2, 0) is 4.74 Å². The Morgan fingerprint density at radius 3 is 3.00 bits per heavy atom. The third kappa shape index (κ3) is 1.70. The van der Waals surface area contributed by atoms with E-state index in [-0.39, 0.29) is 5.41 Å². The van der Waals surface area contributed by atoms with Gasteiger partial charge in [0.15, 0.2) is 0 Å². The van der Waals surface area contributed by atoms with E-state index in [2.05, 4.69) is 17.9 Å². The van der Waals surface area contributed by atoms with Crippen LogP contribution in [0.1, 0.15) is 19.8 Å². The van der Waals surface area contributed by atoms with Crippen LogP contribution >= 0.6 is 0 Å². The van der Waals surface area contributed by atoms with E-state index in [1.807, 2.05) is 0 Å². The highest BCUT2D eigenvalue weighted by atomic mass is 16.5. The van der Waals surface area contributed by atoms with Crippen LogP contribution in [0.2, 0.25) is 0 Å². The van der Waals surface area contributed by atoms with Crippen molar-refractivity contribution in [3.8, 4) is 6.07 Å². The Balaban J connectivity index is 1.94. The summed E-state index contributed by atoms with van der Waals surface area (Å²) in [6.07, 6.45) is 2.15. The highest BCUT2D eigenvalue weighted by Gasteiger charge is 2.37. The number of likely N-dealkylation sites (tertiary alicyclic amines) is 1. The largest absolute Gasteiger partial charge is 0.380 e. The van der Waals surface area contributed by atoms with Gasteiger partial charge in [0.25, 0.3) is 0 Å². The van der Waals surface area contributed by atoms with Crippen LogP contribution in [0.5, 0.6) is 0 Å². The summed E-state index contributed by atoms with van der Waals surface area (Å²) in [6.45, 7) is 5.81. The molecule has 2 saturated heterocycles. The van der Waals surface area contributed by atoms with Crippen LogP contribution in [0, 0.1) is 16.7 Å². The van der Waals surface area contributed by atoms with E-state index in [1.165, 1.54) is 0 Å². The Bertz CT molecular complexity index is 230. The lowest BCUT2D eigenvalue weighted by Crippen LogP contribution is -2.34. The summed E-state index contributed by atoms with van der Waals surface area (Å²) in [7, 11) is 0. The molecule has 2 aliphatic rings. The normalized spacial score (nSPS) is 40.8. The molecule has 0 amide bonds. The predicted octanol–water partition coefficient (Wildman–Crippen LogP) is 1.01. The highest BCUT2D eigenvalue weighted by Crippen LogP contribution is 2.31. The van der Waals surface area contributed by atoms with Crippen molar-refractivity contribution in [2.24, 2.45) is 5.41 Å². The van der Waals surface area contributed by atoms with Crippen molar-refractivity contribution >= 4 is 0 Å². The van der Waals surface area contributed by atoms with Gasteiger partial charge in [-0.25, -0.2) is 0 Å². The molecule has 2 atom stereocenters. The second-order valence-corrected chi connectivity index (χ2v) is 4.41. The van der Waals surface area contributed by atoms with Gasteiger partial charge in [0.1, 0.15) is 0 Å². The zero-order valence-electron chi connectivity index (χ0n) is 8.12. The minimum absolute atomic E-state index is 0.109. The Morgan fingerprint density at radius 2 is 2.46 bits per heavy atom. The smallest absolute Gasteiger partial charge is 0.0700 e. The summed E-state index contributed by atoms with van der Waals surface area (Å²) < 4.78 is 5.35. The molecule has 2 heterocycles. The van der Waals surface area contributed by atoms with Gasteiger partial charge in [-0.15, -0.1) is 0 Å². The molecule has 3 nitrogen and oxygen atoms in total. The molecule has 0 aromatic heterocycles. The maximum absolute atomic E-state index is 8.98.